The molecule has 12 heteroatoms. The normalized spacial score (nSPS) is 11.7. The van der Waals surface area contributed by atoms with Gasteiger partial charge in [-0.1, -0.05) is 34.8 Å². The van der Waals surface area contributed by atoms with E-state index < -0.39 is 21.8 Å². The van der Waals surface area contributed by atoms with E-state index >= 15 is 0 Å². The third-order valence-corrected chi connectivity index (χ3v) is 4.96. The zero-order valence-electron chi connectivity index (χ0n) is 17.2. The zero-order valence-corrected chi connectivity index (χ0v) is 20.3. The minimum Gasteiger partial charge on any atom is -0.493 e. The number of ether oxygens (including phenoxy) is 3. The van der Waals surface area contributed by atoms with Crippen molar-refractivity contribution in [1.82, 2.24) is 10.6 Å². The van der Waals surface area contributed by atoms with Gasteiger partial charge < -0.3 is 30.2 Å². The molecule has 2 rings (SSSR count). The lowest BCUT2D eigenvalue weighted by Gasteiger charge is -2.28. The van der Waals surface area contributed by atoms with Gasteiger partial charge in [-0.05, 0) is 54.7 Å². The average Bonchev–Trinajstić information content (AvgIpc) is 2.77. The molecule has 0 aromatic heterocycles. The summed E-state index contributed by atoms with van der Waals surface area (Å²) >= 11 is 23.3. The highest BCUT2D eigenvalue weighted by Gasteiger charge is 2.35. The Hall–Kier alpha value is -2.46. The van der Waals surface area contributed by atoms with Crippen LogP contribution in [0.4, 0.5) is 5.69 Å². The number of halogens is 3. The number of hydrogen-bond acceptors (Lipinski definition) is 6. The van der Waals surface area contributed by atoms with E-state index in [0.29, 0.717) is 22.7 Å². The summed E-state index contributed by atoms with van der Waals surface area (Å²) in [6.07, 6.45) is -1.18. The molecular weight excluding hydrogens is 501 g/mol. The van der Waals surface area contributed by atoms with E-state index in [-0.39, 0.29) is 10.7 Å². The first kappa shape index (κ1) is 25.8. The van der Waals surface area contributed by atoms with Crippen molar-refractivity contribution in [2.45, 2.75) is 9.96 Å². The predicted octanol–water partition coefficient (Wildman–Crippen LogP) is 3.90. The SMILES string of the molecule is COC(=O)c1ccc(NC(=S)NC(NC(=O)c2ccc(OC)c(OC)c2)C(Cl)(Cl)Cl)cc1. The summed E-state index contributed by atoms with van der Waals surface area (Å²) in [6.45, 7) is 0. The van der Waals surface area contributed by atoms with Gasteiger partial charge in [0.15, 0.2) is 16.6 Å². The minimum atomic E-state index is -1.94. The Bertz CT molecular complexity index is 983. The molecule has 0 heterocycles. The fraction of sp³-hybridized carbons (Fsp3) is 0.250. The van der Waals surface area contributed by atoms with Crippen LogP contribution < -0.4 is 25.4 Å². The van der Waals surface area contributed by atoms with Crippen LogP contribution in [-0.4, -0.2) is 48.3 Å². The molecule has 8 nitrogen and oxygen atoms in total. The molecule has 0 saturated carbocycles. The number of carbonyl (C=O) groups is 2. The number of nitrogens with one attached hydrogen (secondary N) is 3. The van der Waals surface area contributed by atoms with Gasteiger partial charge in [-0.3, -0.25) is 4.79 Å². The van der Waals surface area contributed by atoms with Crippen molar-refractivity contribution in [2.24, 2.45) is 0 Å². The third-order valence-electron chi connectivity index (χ3n) is 4.09. The van der Waals surface area contributed by atoms with E-state index in [4.69, 9.17) is 56.5 Å². The molecule has 0 aliphatic carbocycles. The van der Waals surface area contributed by atoms with Gasteiger partial charge in [0.2, 0.25) is 3.79 Å². The van der Waals surface area contributed by atoms with Crippen molar-refractivity contribution < 1.29 is 23.8 Å². The lowest BCUT2D eigenvalue weighted by Crippen LogP contribution is -2.56. The first-order valence-corrected chi connectivity index (χ1v) is 10.5. The first-order valence-electron chi connectivity index (χ1n) is 8.94. The summed E-state index contributed by atoms with van der Waals surface area (Å²) in [7, 11) is 4.23. The Labute approximate surface area is 205 Å². The summed E-state index contributed by atoms with van der Waals surface area (Å²) in [6, 6.07) is 11.0. The second-order valence-corrected chi connectivity index (χ2v) is 8.96. The van der Waals surface area contributed by atoms with Gasteiger partial charge in [-0.25, -0.2) is 4.79 Å². The molecule has 1 atom stereocenters. The van der Waals surface area contributed by atoms with Crippen LogP contribution in [0, 0.1) is 0 Å². The molecule has 1 amide bonds. The van der Waals surface area contributed by atoms with Gasteiger partial charge in [-0.2, -0.15) is 0 Å². The van der Waals surface area contributed by atoms with Crippen LogP contribution in [-0.2, 0) is 4.74 Å². The number of hydrogen-bond donors (Lipinski definition) is 3. The Morgan fingerprint density at radius 3 is 2.03 bits per heavy atom. The van der Waals surface area contributed by atoms with Crippen LogP contribution in [0.15, 0.2) is 42.5 Å². The van der Waals surface area contributed by atoms with E-state index in [2.05, 4.69) is 20.7 Å². The second kappa shape index (κ2) is 11.4. The predicted molar refractivity (Wildman–Crippen MR) is 128 cm³/mol. The van der Waals surface area contributed by atoms with Crippen LogP contribution in [0.25, 0.3) is 0 Å². The zero-order chi connectivity index (χ0) is 23.9. The molecule has 0 radical (unpaired) electrons. The van der Waals surface area contributed by atoms with E-state index in [9.17, 15) is 9.59 Å². The summed E-state index contributed by atoms with van der Waals surface area (Å²) < 4.78 is 13.1. The summed E-state index contributed by atoms with van der Waals surface area (Å²) in [5, 5.41) is 8.28. The van der Waals surface area contributed by atoms with Gasteiger partial charge >= 0.3 is 5.97 Å². The van der Waals surface area contributed by atoms with E-state index in [0.717, 1.165) is 0 Å². The van der Waals surface area contributed by atoms with Crippen LogP contribution in [0.2, 0.25) is 0 Å². The number of esters is 1. The van der Waals surface area contributed by atoms with Crippen molar-refractivity contribution in [2.75, 3.05) is 26.6 Å². The fourth-order valence-electron chi connectivity index (χ4n) is 2.50. The number of alkyl halides is 3. The van der Waals surface area contributed by atoms with Crippen molar-refractivity contribution >= 4 is 69.7 Å². The Balaban J connectivity index is 2.09. The van der Waals surface area contributed by atoms with Crippen molar-refractivity contribution in [1.29, 1.82) is 0 Å². The highest BCUT2D eigenvalue weighted by Crippen LogP contribution is 2.30. The fourth-order valence-corrected chi connectivity index (χ4v) is 3.06. The van der Waals surface area contributed by atoms with Gasteiger partial charge in [0.05, 0.1) is 26.9 Å². The molecule has 0 saturated heterocycles. The Morgan fingerprint density at radius 2 is 1.50 bits per heavy atom. The number of carbonyl (C=O) groups excluding carboxylic acids is 2. The topological polar surface area (TPSA) is 97.9 Å². The number of thiocarbonyl (C=S) groups is 1. The molecule has 0 bridgehead atoms. The minimum absolute atomic E-state index is 0.0692. The molecule has 0 fully saturated rings. The Kier molecular flexibility index (Phi) is 9.21. The molecule has 2 aromatic carbocycles. The van der Waals surface area contributed by atoms with Crippen LogP contribution in [0.1, 0.15) is 20.7 Å². The standard InChI is InChI=1S/C20H20Cl3N3O5S/c1-29-14-9-6-12(10-15(14)30-2)16(27)25-18(20(21,22)23)26-19(32)24-13-7-4-11(5-8-13)17(28)31-3/h4-10,18H,1-3H3,(H,25,27)(H2,24,26,32). The van der Waals surface area contributed by atoms with E-state index in [1.807, 2.05) is 0 Å². The third kappa shape index (κ3) is 7.03. The van der Waals surface area contributed by atoms with Crippen LogP contribution in [0.5, 0.6) is 11.5 Å². The van der Waals surface area contributed by atoms with Gasteiger partial charge in [0.25, 0.3) is 5.91 Å². The molecular formula is C20H20Cl3N3O5S. The monoisotopic (exact) mass is 519 g/mol. The highest BCUT2D eigenvalue weighted by atomic mass is 35.6. The summed E-state index contributed by atoms with van der Waals surface area (Å²) in [4.78, 5) is 24.2. The molecule has 32 heavy (non-hydrogen) atoms. The van der Waals surface area contributed by atoms with Gasteiger partial charge in [0, 0.05) is 11.3 Å². The molecule has 0 spiro atoms. The second-order valence-electron chi connectivity index (χ2n) is 6.19. The van der Waals surface area contributed by atoms with Crippen LogP contribution in [0.3, 0.4) is 0 Å². The van der Waals surface area contributed by atoms with Crippen molar-refractivity contribution in [3.63, 3.8) is 0 Å². The van der Waals surface area contributed by atoms with Gasteiger partial charge in [-0.15, -0.1) is 0 Å². The first-order chi connectivity index (χ1) is 15.1. The molecule has 2 aromatic rings. The quantitative estimate of drug-likeness (QED) is 0.219. The van der Waals surface area contributed by atoms with Crippen molar-refractivity contribution in [3.05, 3.63) is 53.6 Å². The largest absolute Gasteiger partial charge is 0.493 e. The Morgan fingerprint density at radius 1 is 0.906 bits per heavy atom. The molecule has 1 unspecified atom stereocenters. The number of benzene rings is 2. The maximum absolute atomic E-state index is 12.7. The molecule has 0 aliphatic heterocycles. The molecule has 3 N–H and O–H groups in total. The highest BCUT2D eigenvalue weighted by molar-refractivity contribution is 7.80. The summed E-state index contributed by atoms with van der Waals surface area (Å²) in [5.74, 6) is -0.179. The number of anilines is 1. The smallest absolute Gasteiger partial charge is 0.337 e. The van der Waals surface area contributed by atoms with Crippen molar-refractivity contribution in [3.8, 4) is 11.5 Å². The molecule has 172 valence electrons. The van der Waals surface area contributed by atoms with E-state index in [1.165, 1.54) is 33.5 Å². The molecule has 0 aliphatic rings. The lowest BCUT2D eigenvalue weighted by atomic mass is 10.2. The maximum atomic E-state index is 12.7. The number of methoxy groups -OCH3 is 3. The maximum Gasteiger partial charge on any atom is 0.337 e. The average molecular weight is 521 g/mol. The number of rotatable bonds is 7. The lowest BCUT2D eigenvalue weighted by molar-refractivity contribution is 0.0600. The van der Waals surface area contributed by atoms with Gasteiger partial charge in [0.1, 0.15) is 6.17 Å². The summed E-state index contributed by atoms with van der Waals surface area (Å²) in [5.41, 5.74) is 1.18. The number of amides is 1. The van der Waals surface area contributed by atoms with Crippen LogP contribution >= 0.6 is 47.0 Å². The van der Waals surface area contributed by atoms with E-state index in [1.54, 1.807) is 30.3 Å².